The Bertz CT molecular complexity index is 798. The second-order valence-corrected chi connectivity index (χ2v) is 17.2. The molecule has 5 atom stereocenters. The van der Waals surface area contributed by atoms with Crippen molar-refractivity contribution in [2.24, 2.45) is 17.3 Å². The molecule has 2 rings (SSSR count). The Balaban J connectivity index is 2.50. The molecule has 1 heterocycles. The first-order chi connectivity index (χ1) is 15.0. The molecule has 0 aromatic rings. The summed E-state index contributed by atoms with van der Waals surface area (Å²) in [5.41, 5.74) is 0.551. The van der Waals surface area contributed by atoms with Crippen LogP contribution in [0.3, 0.4) is 0 Å². The summed E-state index contributed by atoms with van der Waals surface area (Å²) in [5, 5.41) is 10.0. The van der Waals surface area contributed by atoms with E-state index in [0.717, 1.165) is 11.1 Å². The van der Waals surface area contributed by atoms with E-state index >= 15 is 0 Å². The Kier molecular flexibility index (Phi) is 8.33. The first kappa shape index (κ1) is 28.0. The number of carbonyl (C=O) groups is 1. The van der Waals surface area contributed by atoms with E-state index in [0.29, 0.717) is 12.8 Å². The van der Waals surface area contributed by atoms with E-state index in [9.17, 15) is 9.90 Å². The van der Waals surface area contributed by atoms with Crippen molar-refractivity contribution in [1.29, 1.82) is 0 Å². The molecular formula is C27H46O5Si. The summed E-state index contributed by atoms with van der Waals surface area (Å²) in [6.45, 7) is 25.2. The maximum absolute atomic E-state index is 13.3. The van der Waals surface area contributed by atoms with Crippen LogP contribution >= 0.6 is 0 Å². The van der Waals surface area contributed by atoms with Gasteiger partial charge in [0.05, 0.1) is 12.7 Å². The van der Waals surface area contributed by atoms with Crippen LogP contribution in [0.15, 0.2) is 36.0 Å². The minimum Gasteiger partial charge on any atom is -0.433 e. The quantitative estimate of drug-likeness (QED) is 0.270. The number of aliphatic hydroxyl groups excluding tert-OH is 1. The van der Waals surface area contributed by atoms with Gasteiger partial charge in [0.15, 0.2) is 13.9 Å². The fourth-order valence-electron chi connectivity index (χ4n) is 4.20. The van der Waals surface area contributed by atoms with Gasteiger partial charge in [0.1, 0.15) is 0 Å². The lowest BCUT2D eigenvalue weighted by Gasteiger charge is -2.41. The van der Waals surface area contributed by atoms with Crippen LogP contribution in [-0.2, 0) is 18.7 Å². The lowest BCUT2D eigenvalue weighted by molar-refractivity contribution is -0.158. The highest BCUT2D eigenvalue weighted by Gasteiger charge is 2.58. The average molecular weight is 479 g/mol. The third-order valence-corrected chi connectivity index (χ3v) is 12.0. The van der Waals surface area contributed by atoms with Gasteiger partial charge in [0.25, 0.3) is 0 Å². The molecule has 0 aromatic heterocycles. The van der Waals surface area contributed by atoms with Crippen LogP contribution in [0.2, 0.25) is 18.1 Å². The van der Waals surface area contributed by atoms with E-state index in [-0.39, 0.29) is 41.0 Å². The highest BCUT2D eigenvalue weighted by Crippen LogP contribution is 2.48. The molecule has 5 nitrogen and oxygen atoms in total. The summed E-state index contributed by atoms with van der Waals surface area (Å²) >= 11 is 0. The van der Waals surface area contributed by atoms with Crippen molar-refractivity contribution in [2.45, 2.75) is 104 Å². The van der Waals surface area contributed by atoms with Crippen molar-refractivity contribution >= 4 is 14.3 Å². The summed E-state index contributed by atoms with van der Waals surface area (Å²) in [6.07, 6.45) is 6.42. The number of carbonyl (C=O) groups excluding carboxylic acids is 1. The van der Waals surface area contributed by atoms with Crippen LogP contribution < -0.4 is 0 Å². The number of cyclic esters (lactones) is 1. The van der Waals surface area contributed by atoms with Gasteiger partial charge < -0.3 is 19.0 Å². The van der Waals surface area contributed by atoms with Gasteiger partial charge in [0, 0.05) is 11.3 Å². The molecule has 2 aliphatic rings. The normalized spacial score (nSPS) is 30.3. The van der Waals surface area contributed by atoms with Crippen LogP contribution in [0.4, 0.5) is 0 Å². The standard InChI is InChI=1S/C27H46O5Si/c1-12-13-22(32-33(10,11)26(7,8)9)18(2)14-21-15-20(17-28)19(3)16-27(21)23(29)30-24(31-27)25(4,5)6/h12,14-15,19,21-22,24,28H,1,13,16-17H2,2-11H3/b18-14+/t19-,21-,22+,24+,27+/m1/s1. The smallest absolute Gasteiger partial charge is 0.341 e. The van der Waals surface area contributed by atoms with Crippen molar-refractivity contribution in [3.8, 4) is 0 Å². The first-order valence-corrected chi connectivity index (χ1v) is 15.1. The highest BCUT2D eigenvalue weighted by molar-refractivity contribution is 6.74. The van der Waals surface area contributed by atoms with E-state index in [4.69, 9.17) is 13.9 Å². The zero-order chi connectivity index (χ0) is 25.4. The largest absolute Gasteiger partial charge is 0.433 e. The Morgan fingerprint density at radius 1 is 1.33 bits per heavy atom. The van der Waals surface area contributed by atoms with Crippen LogP contribution in [-0.4, -0.2) is 44.0 Å². The van der Waals surface area contributed by atoms with Crippen molar-refractivity contribution in [3.05, 3.63) is 36.0 Å². The lowest BCUT2D eigenvalue weighted by atomic mass is 9.71. The maximum Gasteiger partial charge on any atom is 0.341 e. The van der Waals surface area contributed by atoms with Crippen molar-refractivity contribution in [2.75, 3.05) is 6.61 Å². The second kappa shape index (κ2) is 9.80. The molecule has 33 heavy (non-hydrogen) atoms. The van der Waals surface area contributed by atoms with E-state index in [1.807, 2.05) is 39.8 Å². The topological polar surface area (TPSA) is 65.0 Å². The summed E-state index contributed by atoms with van der Waals surface area (Å²) in [4.78, 5) is 13.3. The van der Waals surface area contributed by atoms with Gasteiger partial charge in [-0.25, -0.2) is 4.79 Å². The van der Waals surface area contributed by atoms with Gasteiger partial charge in [0.2, 0.25) is 6.29 Å². The Morgan fingerprint density at radius 2 is 1.94 bits per heavy atom. The van der Waals surface area contributed by atoms with Gasteiger partial charge >= 0.3 is 5.97 Å². The van der Waals surface area contributed by atoms with Gasteiger partial charge in [-0.15, -0.1) is 6.58 Å². The third-order valence-electron chi connectivity index (χ3n) is 7.52. The summed E-state index contributed by atoms with van der Waals surface area (Å²) in [5.74, 6) is -0.633. The van der Waals surface area contributed by atoms with E-state index in [1.165, 1.54) is 0 Å². The highest BCUT2D eigenvalue weighted by atomic mass is 28.4. The van der Waals surface area contributed by atoms with Crippen LogP contribution in [0.25, 0.3) is 0 Å². The van der Waals surface area contributed by atoms with Crippen LogP contribution in [0.1, 0.15) is 68.2 Å². The summed E-state index contributed by atoms with van der Waals surface area (Å²) < 4.78 is 18.9. The van der Waals surface area contributed by atoms with Gasteiger partial charge in [-0.05, 0) is 55.0 Å². The minimum atomic E-state index is -2.02. The number of aliphatic hydroxyl groups is 1. The minimum absolute atomic E-state index is 0.0266. The molecule has 1 spiro atoms. The number of ether oxygens (including phenoxy) is 2. The molecule has 1 aliphatic heterocycles. The van der Waals surface area contributed by atoms with Gasteiger partial charge in [-0.2, -0.15) is 0 Å². The SMILES string of the molecule is C=CC[C@H](O[Si](C)(C)C(C)(C)C)/C(C)=C/[C@@H]1C=C(CO)[C@H](C)C[C@]12O[C@@H](C(C)(C)C)OC2=O. The third kappa shape index (κ3) is 5.89. The summed E-state index contributed by atoms with van der Waals surface area (Å²) in [6, 6.07) is 0. The molecule has 6 heteroatoms. The van der Waals surface area contributed by atoms with Gasteiger partial charge in [-0.3, -0.25) is 0 Å². The van der Waals surface area contributed by atoms with Crippen molar-refractivity contribution in [3.63, 3.8) is 0 Å². The zero-order valence-corrected chi connectivity index (χ0v) is 23.5. The average Bonchev–Trinajstić information content (AvgIpc) is 2.99. The molecule has 1 N–H and O–H groups in total. The fourth-order valence-corrected chi connectivity index (χ4v) is 5.55. The van der Waals surface area contributed by atoms with Crippen LogP contribution in [0, 0.1) is 17.3 Å². The summed E-state index contributed by atoms with van der Waals surface area (Å²) in [7, 11) is -2.02. The molecular weight excluding hydrogens is 432 g/mol. The predicted molar refractivity (Wildman–Crippen MR) is 136 cm³/mol. The molecule has 0 unspecified atom stereocenters. The van der Waals surface area contributed by atoms with E-state index < -0.39 is 20.2 Å². The first-order valence-electron chi connectivity index (χ1n) is 12.2. The number of hydrogen-bond acceptors (Lipinski definition) is 5. The molecule has 0 aromatic carbocycles. The number of hydrogen-bond donors (Lipinski definition) is 1. The van der Waals surface area contributed by atoms with Crippen LogP contribution in [0.5, 0.6) is 0 Å². The Morgan fingerprint density at radius 3 is 2.39 bits per heavy atom. The van der Waals surface area contributed by atoms with Crippen molar-refractivity contribution in [1.82, 2.24) is 0 Å². The monoisotopic (exact) mass is 478 g/mol. The van der Waals surface area contributed by atoms with Crippen molar-refractivity contribution < 1.29 is 23.8 Å². The van der Waals surface area contributed by atoms with E-state index in [1.54, 1.807) is 0 Å². The second-order valence-electron chi connectivity index (χ2n) is 12.4. The molecule has 188 valence electrons. The number of esters is 1. The molecule has 1 saturated heterocycles. The molecule has 0 saturated carbocycles. The van der Waals surface area contributed by atoms with E-state index in [2.05, 4.69) is 53.4 Å². The number of rotatable bonds is 7. The molecule has 0 bridgehead atoms. The molecule has 1 aliphatic carbocycles. The predicted octanol–water partition coefficient (Wildman–Crippen LogP) is 6.16. The zero-order valence-electron chi connectivity index (χ0n) is 22.5. The fraction of sp³-hybridized carbons (Fsp3) is 0.741. The Labute approximate surface area is 202 Å². The maximum atomic E-state index is 13.3. The lowest BCUT2D eigenvalue weighted by Crippen LogP contribution is -2.48. The van der Waals surface area contributed by atoms with Gasteiger partial charge in [-0.1, -0.05) is 66.7 Å². The molecule has 0 amide bonds. The Hall–Kier alpha value is -1.21. The molecule has 0 radical (unpaired) electrons. The molecule has 1 fully saturated rings.